The van der Waals surface area contributed by atoms with Gasteiger partial charge in [0.15, 0.2) is 0 Å². The number of aromatic nitrogens is 3. The number of benzene rings is 1. The van der Waals surface area contributed by atoms with E-state index in [0.29, 0.717) is 6.04 Å². The van der Waals surface area contributed by atoms with E-state index in [1.165, 1.54) is 5.56 Å². The van der Waals surface area contributed by atoms with Crippen LogP contribution in [0.5, 0.6) is 5.75 Å². The molecule has 0 aliphatic carbocycles. The Balaban J connectivity index is 1.79. The zero-order valence-electron chi connectivity index (χ0n) is 11.4. The van der Waals surface area contributed by atoms with Crippen molar-refractivity contribution in [2.75, 3.05) is 13.7 Å². The van der Waals surface area contributed by atoms with E-state index in [-0.39, 0.29) is 0 Å². The molecule has 0 bridgehead atoms. The monoisotopic (exact) mass is 260 g/mol. The third-order valence-electron chi connectivity index (χ3n) is 3.02. The van der Waals surface area contributed by atoms with Crippen LogP contribution in [0, 0.1) is 0 Å². The summed E-state index contributed by atoms with van der Waals surface area (Å²) in [4.78, 5) is 0. The summed E-state index contributed by atoms with van der Waals surface area (Å²) in [6, 6.07) is 8.52. The summed E-state index contributed by atoms with van der Waals surface area (Å²) in [5, 5.41) is 11.2. The summed E-state index contributed by atoms with van der Waals surface area (Å²) in [6.45, 7) is 3.88. The SMILES string of the molecule is COc1ccccc1CC(C)NCCn1ccnn1. The number of hydrogen-bond donors (Lipinski definition) is 1. The molecule has 102 valence electrons. The first-order chi connectivity index (χ1) is 9.29. The Morgan fingerprint density at radius 2 is 2.21 bits per heavy atom. The fraction of sp³-hybridized carbons (Fsp3) is 0.429. The van der Waals surface area contributed by atoms with E-state index in [9.17, 15) is 0 Å². The van der Waals surface area contributed by atoms with Gasteiger partial charge in [0.1, 0.15) is 5.75 Å². The molecule has 1 unspecified atom stereocenters. The molecule has 5 nitrogen and oxygen atoms in total. The highest BCUT2D eigenvalue weighted by atomic mass is 16.5. The highest BCUT2D eigenvalue weighted by Crippen LogP contribution is 2.18. The molecule has 0 spiro atoms. The van der Waals surface area contributed by atoms with Gasteiger partial charge in [-0.2, -0.15) is 0 Å². The lowest BCUT2D eigenvalue weighted by Gasteiger charge is -2.15. The molecule has 5 heteroatoms. The molecule has 1 heterocycles. The van der Waals surface area contributed by atoms with Crippen molar-refractivity contribution in [3.05, 3.63) is 42.2 Å². The molecule has 0 saturated heterocycles. The number of nitrogens with one attached hydrogen (secondary N) is 1. The van der Waals surface area contributed by atoms with Crippen LogP contribution in [0.4, 0.5) is 0 Å². The predicted molar refractivity (Wildman–Crippen MR) is 74.2 cm³/mol. The molecule has 0 radical (unpaired) electrons. The van der Waals surface area contributed by atoms with Gasteiger partial charge in [0.2, 0.25) is 0 Å². The van der Waals surface area contributed by atoms with Crippen LogP contribution in [0.15, 0.2) is 36.7 Å². The van der Waals surface area contributed by atoms with Crippen molar-refractivity contribution >= 4 is 0 Å². The Morgan fingerprint density at radius 3 is 2.95 bits per heavy atom. The maximum atomic E-state index is 5.36. The summed E-state index contributed by atoms with van der Waals surface area (Å²) in [5.41, 5.74) is 1.23. The molecule has 0 amide bonds. The van der Waals surface area contributed by atoms with Crippen LogP contribution in [0.25, 0.3) is 0 Å². The van der Waals surface area contributed by atoms with Crippen molar-refractivity contribution in [1.82, 2.24) is 20.3 Å². The van der Waals surface area contributed by atoms with E-state index in [1.54, 1.807) is 13.3 Å². The zero-order valence-corrected chi connectivity index (χ0v) is 11.4. The van der Waals surface area contributed by atoms with Gasteiger partial charge < -0.3 is 10.1 Å². The minimum atomic E-state index is 0.389. The van der Waals surface area contributed by atoms with Gasteiger partial charge in [-0.05, 0) is 25.0 Å². The van der Waals surface area contributed by atoms with Gasteiger partial charge in [-0.3, -0.25) is 4.68 Å². The van der Waals surface area contributed by atoms with E-state index >= 15 is 0 Å². The molecule has 1 atom stereocenters. The number of ether oxygens (including phenoxy) is 1. The van der Waals surface area contributed by atoms with Gasteiger partial charge in [-0.1, -0.05) is 23.4 Å². The zero-order chi connectivity index (χ0) is 13.5. The number of nitrogens with zero attached hydrogens (tertiary/aromatic N) is 3. The number of para-hydroxylation sites is 1. The average molecular weight is 260 g/mol. The topological polar surface area (TPSA) is 52.0 Å². The summed E-state index contributed by atoms with van der Waals surface area (Å²) >= 11 is 0. The predicted octanol–water partition coefficient (Wildman–Crippen LogP) is 1.51. The van der Waals surface area contributed by atoms with Gasteiger partial charge in [0, 0.05) is 18.8 Å². The molecule has 0 fully saturated rings. The largest absolute Gasteiger partial charge is 0.496 e. The summed E-state index contributed by atoms with van der Waals surface area (Å²) in [5.74, 6) is 0.951. The van der Waals surface area contributed by atoms with Crippen LogP contribution in [-0.4, -0.2) is 34.7 Å². The molecule has 1 aromatic heterocycles. The maximum Gasteiger partial charge on any atom is 0.122 e. The van der Waals surface area contributed by atoms with E-state index in [1.807, 2.05) is 29.1 Å². The minimum Gasteiger partial charge on any atom is -0.496 e. The molecule has 19 heavy (non-hydrogen) atoms. The van der Waals surface area contributed by atoms with Gasteiger partial charge in [-0.25, -0.2) is 0 Å². The molecule has 2 rings (SSSR count). The normalized spacial score (nSPS) is 12.3. The summed E-state index contributed by atoms with van der Waals surface area (Å²) in [6.07, 6.45) is 4.51. The van der Waals surface area contributed by atoms with Crippen molar-refractivity contribution in [2.45, 2.75) is 25.9 Å². The second-order valence-electron chi connectivity index (χ2n) is 4.54. The van der Waals surface area contributed by atoms with Crippen LogP contribution in [0.2, 0.25) is 0 Å². The van der Waals surface area contributed by atoms with E-state index in [2.05, 4.69) is 28.6 Å². The van der Waals surface area contributed by atoms with Crippen LogP contribution < -0.4 is 10.1 Å². The van der Waals surface area contributed by atoms with Gasteiger partial charge in [0.05, 0.1) is 19.9 Å². The third-order valence-corrected chi connectivity index (χ3v) is 3.02. The van der Waals surface area contributed by atoms with Crippen LogP contribution >= 0.6 is 0 Å². The highest BCUT2D eigenvalue weighted by Gasteiger charge is 2.07. The quantitative estimate of drug-likeness (QED) is 0.820. The molecule has 0 saturated carbocycles. The average Bonchev–Trinajstić information content (AvgIpc) is 2.92. The first kappa shape index (κ1) is 13.5. The first-order valence-electron chi connectivity index (χ1n) is 6.49. The summed E-state index contributed by atoms with van der Waals surface area (Å²) < 4.78 is 7.18. The van der Waals surface area contributed by atoms with Crippen LogP contribution in [0.1, 0.15) is 12.5 Å². The van der Waals surface area contributed by atoms with E-state index in [4.69, 9.17) is 4.74 Å². The van der Waals surface area contributed by atoms with Crippen molar-refractivity contribution in [1.29, 1.82) is 0 Å². The van der Waals surface area contributed by atoms with Crippen molar-refractivity contribution < 1.29 is 4.74 Å². The van der Waals surface area contributed by atoms with Gasteiger partial charge in [-0.15, -0.1) is 5.10 Å². The van der Waals surface area contributed by atoms with Gasteiger partial charge in [0.25, 0.3) is 0 Å². The van der Waals surface area contributed by atoms with E-state index in [0.717, 1.165) is 25.3 Å². The fourth-order valence-corrected chi connectivity index (χ4v) is 2.05. The molecule has 2 aromatic rings. The number of methoxy groups -OCH3 is 1. The molecular weight excluding hydrogens is 240 g/mol. The maximum absolute atomic E-state index is 5.36. The molecule has 1 N–H and O–H groups in total. The Kier molecular flexibility index (Phi) is 4.92. The second-order valence-corrected chi connectivity index (χ2v) is 4.54. The molecule has 0 aliphatic rings. The lowest BCUT2D eigenvalue weighted by molar-refractivity contribution is 0.405. The first-order valence-corrected chi connectivity index (χ1v) is 6.49. The Morgan fingerprint density at radius 1 is 1.37 bits per heavy atom. The Labute approximate surface area is 113 Å². The fourth-order valence-electron chi connectivity index (χ4n) is 2.05. The number of rotatable bonds is 7. The second kappa shape index (κ2) is 6.89. The van der Waals surface area contributed by atoms with Crippen molar-refractivity contribution in [3.63, 3.8) is 0 Å². The third kappa shape index (κ3) is 4.06. The Bertz CT molecular complexity index is 484. The van der Waals surface area contributed by atoms with E-state index < -0.39 is 0 Å². The minimum absolute atomic E-state index is 0.389. The van der Waals surface area contributed by atoms with Crippen molar-refractivity contribution in [3.8, 4) is 5.75 Å². The number of hydrogen-bond acceptors (Lipinski definition) is 4. The smallest absolute Gasteiger partial charge is 0.122 e. The molecule has 0 aliphatic heterocycles. The standard InChI is InChI=1S/C14H20N4O/c1-12(15-7-9-18-10-8-16-17-18)11-13-5-3-4-6-14(13)19-2/h3-6,8,10,12,15H,7,9,11H2,1-2H3. The van der Waals surface area contributed by atoms with Crippen LogP contribution in [0.3, 0.4) is 0 Å². The lowest BCUT2D eigenvalue weighted by atomic mass is 10.1. The lowest BCUT2D eigenvalue weighted by Crippen LogP contribution is -2.31. The molecular formula is C14H20N4O. The van der Waals surface area contributed by atoms with Crippen LogP contribution in [-0.2, 0) is 13.0 Å². The highest BCUT2D eigenvalue weighted by molar-refractivity contribution is 5.33. The summed E-state index contributed by atoms with van der Waals surface area (Å²) in [7, 11) is 1.71. The van der Waals surface area contributed by atoms with Crippen molar-refractivity contribution in [2.24, 2.45) is 0 Å². The Hall–Kier alpha value is -1.88. The van der Waals surface area contributed by atoms with Gasteiger partial charge >= 0.3 is 0 Å². The molecule has 1 aromatic carbocycles.